The lowest BCUT2D eigenvalue weighted by atomic mass is 9.72. The van der Waals surface area contributed by atoms with Gasteiger partial charge in [-0.25, -0.2) is 0 Å². The first-order valence-electron chi connectivity index (χ1n) is 7.95. The maximum atomic E-state index is 12.7. The van der Waals surface area contributed by atoms with Crippen LogP contribution in [0, 0.1) is 5.41 Å². The number of ketones is 1. The molecule has 0 radical (unpaired) electrons. The molecule has 0 spiro atoms. The van der Waals surface area contributed by atoms with E-state index < -0.39 is 23.6 Å². The van der Waals surface area contributed by atoms with Crippen LogP contribution in [0.5, 0.6) is 5.75 Å². The molecule has 5 nitrogen and oxygen atoms in total. The van der Waals surface area contributed by atoms with Crippen molar-refractivity contribution in [3.05, 3.63) is 42.0 Å². The lowest BCUT2D eigenvalue weighted by molar-refractivity contribution is -0.175. The molecule has 1 aliphatic rings. The summed E-state index contributed by atoms with van der Waals surface area (Å²) in [6.07, 6.45) is 0.241. The second-order valence-corrected chi connectivity index (χ2v) is 6.20. The molecule has 24 heavy (non-hydrogen) atoms. The second-order valence-electron chi connectivity index (χ2n) is 6.20. The predicted molar refractivity (Wildman–Crippen MR) is 89.9 cm³/mol. The minimum atomic E-state index is -1.36. The van der Waals surface area contributed by atoms with Crippen LogP contribution in [0.25, 0.3) is 0 Å². The number of benzene rings is 1. The Hall–Kier alpha value is -2.14. The fraction of sp³-hybridized carbons (Fsp3) is 0.474. The zero-order valence-electron chi connectivity index (χ0n) is 14.6. The number of carbonyl (C=O) groups excluding carboxylic acids is 2. The summed E-state index contributed by atoms with van der Waals surface area (Å²) in [7, 11) is 2.90. The summed E-state index contributed by atoms with van der Waals surface area (Å²) in [5.74, 6) is -0.0970. The molecule has 1 heterocycles. The predicted octanol–water partition coefficient (Wildman–Crippen LogP) is 2.72. The van der Waals surface area contributed by atoms with Crippen molar-refractivity contribution in [2.75, 3.05) is 14.2 Å². The highest BCUT2D eigenvalue weighted by molar-refractivity contribution is 6.13. The Kier molecular flexibility index (Phi) is 5.44. The van der Waals surface area contributed by atoms with Crippen molar-refractivity contribution >= 4 is 11.8 Å². The minimum Gasteiger partial charge on any atom is -0.497 e. The van der Waals surface area contributed by atoms with Crippen LogP contribution in [-0.2, 0) is 25.5 Å². The smallest absolute Gasteiger partial charge is 0.322 e. The van der Waals surface area contributed by atoms with Gasteiger partial charge in [-0.05, 0) is 44.4 Å². The number of methoxy groups -OCH3 is 2. The van der Waals surface area contributed by atoms with E-state index >= 15 is 0 Å². The Morgan fingerprint density at radius 2 is 1.92 bits per heavy atom. The molecule has 0 bridgehead atoms. The van der Waals surface area contributed by atoms with E-state index in [1.165, 1.54) is 7.11 Å². The van der Waals surface area contributed by atoms with Crippen molar-refractivity contribution in [1.29, 1.82) is 0 Å². The van der Waals surface area contributed by atoms with Crippen molar-refractivity contribution in [3.8, 4) is 5.75 Å². The molecule has 0 N–H and O–H groups in total. The molecule has 0 aliphatic carbocycles. The lowest BCUT2D eigenvalue weighted by Crippen LogP contribution is -2.55. The van der Waals surface area contributed by atoms with E-state index in [2.05, 4.69) is 6.58 Å². The van der Waals surface area contributed by atoms with Gasteiger partial charge in [-0.1, -0.05) is 18.7 Å². The average molecular weight is 332 g/mol. The minimum absolute atomic E-state index is 0.298. The van der Waals surface area contributed by atoms with Gasteiger partial charge in [0, 0.05) is 5.57 Å². The number of aryl methyl sites for hydroxylation is 1. The van der Waals surface area contributed by atoms with Crippen molar-refractivity contribution in [1.82, 2.24) is 0 Å². The van der Waals surface area contributed by atoms with Gasteiger partial charge >= 0.3 is 5.97 Å². The number of hydrogen-bond donors (Lipinski definition) is 0. The molecule has 1 saturated heterocycles. The number of hydrogen-bond acceptors (Lipinski definition) is 5. The molecule has 130 valence electrons. The van der Waals surface area contributed by atoms with Gasteiger partial charge in [0.25, 0.3) is 0 Å². The van der Waals surface area contributed by atoms with Crippen LogP contribution in [0.1, 0.15) is 25.8 Å². The fourth-order valence-corrected chi connectivity index (χ4v) is 3.01. The van der Waals surface area contributed by atoms with E-state index in [1.807, 2.05) is 24.3 Å². The normalized spacial score (nSPS) is 27.0. The third-order valence-corrected chi connectivity index (χ3v) is 4.73. The summed E-state index contributed by atoms with van der Waals surface area (Å²) in [4.78, 5) is 24.9. The molecular weight excluding hydrogens is 308 g/mol. The number of Topliss-reactive ketones (excluding diaryl/α,β-unsaturated/α-hetero) is 1. The Morgan fingerprint density at radius 1 is 1.29 bits per heavy atom. The molecule has 0 saturated carbocycles. The number of esters is 1. The molecule has 1 aliphatic heterocycles. The monoisotopic (exact) mass is 332 g/mol. The first-order valence-corrected chi connectivity index (χ1v) is 7.95. The molecular formula is C19H24O5. The van der Waals surface area contributed by atoms with Crippen molar-refractivity contribution in [3.63, 3.8) is 0 Å². The van der Waals surface area contributed by atoms with E-state index in [0.717, 1.165) is 11.3 Å². The first-order chi connectivity index (χ1) is 11.3. The summed E-state index contributed by atoms with van der Waals surface area (Å²) in [5.41, 5.74) is 0.0323. The number of carbonyl (C=O) groups is 2. The van der Waals surface area contributed by atoms with Gasteiger partial charge in [-0.15, -0.1) is 0 Å². The SMILES string of the molecule is C=C1C(=O)[C@](C)(C(=O)OC)[C@H](CCc2ccc(OC)cc2)O[C@@H]1C. The Bertz CT molecular complexity index is 634. The zero-order valence-corrected chi connectivity index (χ0v) is 14.6. The lowest BCUT2D eigenvalue weighted by Gasteiger charge is -2.41. The van der Waals surface area contributed by atoms with Crippen LogP contribution in [0.4, 0.5) is 0 Å². The molecule has 0 amide bonds. The first kappa shape index (κ1) is 18.2. The number of ether oxygens (including phenoxy) is 3. The molecule has 3 atom stereocenters. The average Bonchev–Trinajstić information content (AvgIpc) is 2.61. The summed E-state index contributed by atoms with van der Waals surface area (Å²) < 4.78 is 15.9. The Labute approximate surface area is 142 Å². The summed E-state index contributed by atoms with van der Waals surface area (Å²) >= 11 is 0. The van der Waals surface area contributed by atoms with Gasteiger partial charge in [-0.3, -0.25) is 9.59 Å². The second kappa shape index (κ2) is 7.18. The van der Waals surface area contributed by atoms with Crippen LogP contribution in [-0.4, -0.2) is 38.2 Å². The van der Waals surface area contributed by atoms with Gasteiger partial charge < -0.3 is 14.2 Å². The quantitative estimate of drug-likeness (QED) is 0.471. The van der Waals surface area contributed by atoms with Crippen molar-refractivity contribution in [2.45, 2.75) is 38.9 Å². The highest BCUT2D eigenvalue weighted by atomic mass is 16.5. The van der Waals surface area contributed by atoms with Crippen LogP contribution in [0.15, 0.2) is 36.4 Å². The highest BCUT2D eigenvalue weighted by Crippen LogP contribution is 2.39. The third kappa shape index (κ3) is 3.22. The molecule has 5 heteroatoms. The Morgan fingerprint density at radius 3 is 2.46 bits per heavy atom. The molecule has 0 unspecified atom stereocenters. The van der Waals surface area contributed by atoms with E-state index in [0.29, 0.717) is 18.4 Å². The molecule has 0 aromatic heterocycles. The summed E-state index contributed by atoms with van der Waals surface area (Å²) in [6.45, 7) is 7.12. The molecule has 2 rings (SSSR count). The van der Waals surface area contributed by atoms with E-state index in [1.54, 1.807) is 21.0 Å². The van der Waals surface area contributed by atoms with Crippen LogP contribution in [0.2, 0.25) is 0 Å². The maximum absolute atomic E-state index is 12.7. The molecule has 1 fully saturated rings. The molecule has 1 aromatic rings. The fourth-order valence-electron chi connectivity index (χ4n) is 3.01. The number of rotatable bonds is 5. The van der Waals surface area contributed by atoms with Gasteiger partial charge in [0.15, 0.2) is 11.2 Å². The Balaban J connectivity index is 2.19. The van der Waals surface area contributed by atoms with Crippen LogP contribution in [0.3, 0.4) is 0 Å². The summed E-state index contributed by atoms with van der Waals surface area (Å²) in [6, 6.07) is 7.68. The van der Waals surface area contributed by atoms with Gasteiger partial charge in [0.2, 0.25) is 0 Å². The van der Waals surface area contributed by atoms with Crippen molar-refractivity contribution in [2.24, 2.45) is 5.41 Å². The standard InChI is InChI=1S/C19H24O5/c1-12-13(2)24-16(19(3,17(12)20)18(21)23-5)11-8-14-6-9-15(22-4)10-7-14/h6-7,9-10,13,16H,1,8,11H2,2-5H3/t13-,16+,19-/m1/s1. The van der Waals surface area contributed by atoms with Gasteiger partial charge in [0.05, 0.1) is 26.4 Å². The molecule has 1 aromatic carbocycles. The third-order valence-electron chi connectivity index (χ3n) is 4.73. The zero-order chi connectivity index (χ0) is 17.9. The van der Waals surface area contributed by atoms with Crippen LogP contribution >= 0.6 is 0 Å². The van der Waals surface area contributed by atoms with Gasteiger partial charge in [0.1, 0.15) is 5.75 Å². The van der Waals surface area contributed by atoms with Crippen molar-refractivity contribution < 1.29 is 23.8 Å². The topological polar surface area (TPSA) is 61.8 Å². The van der Waals surface area contributed by atoms with E-state index in [9.17, 15) is 9.59 Å². The van der Waals surface area contributed by atoms with E-state index in [-0.39, 0.29) is 5.78 Å². The van der Waals surface area contributed by atoms with Crippen LogP contribution < -0.4 is 4.74 Å². The van der Waals surface area contributed by atoms with E-state index in [4.69, 9.17) is 14.2 Å². The summed E-state index contributed by atoms with van der Waals surface area (Å²) in [5, 5.41) is 0. The largest absolute Gasteiger partial charge is 0.497 e. The maximum Gasteiger partial charge on any atom is 0.322 e. The van der Waals surface area contributed by atoms with Gasteiger partial charge in [-0.2, -0.15) is 0 Å². The highest BCUT2D eigenvalue weighted by Gasteiger charge is 2.54.